The first-order valence-electron chi connectivity index (χ1n) is 7.78. The van der Waals surface area contributed by atoms with Gasteiger partial charge in [0.25, 0.3) is 0 Å². The van der Waals surface area contributed by atoms with Gasteiger partial charge in [0.15, 0.2) is 5.78 Å². The maximum absolute atomic E-state index is 12.2. The van der Waals surface area contributed by atoms with E-state index in [1.807, 2.05) is 97.2 Å². The number of ketones is 1. The standard InChI is InChI=1S/C22H17NO/c24-22(20-12-5-2-6-13-20)16-15-19-11-7-8-14-21(19)23-17-18-9-3-1-4-10-18/h1-17H/b16-15+,23-17?. The largest absolute Gasteiger partial charge is 0.289 e. The molecule has 0 unspecified atom stereocenters. The molecule has 0 amide bonds. The lowest BCUT2D eigenvalue weighted by Crippen LogP contribution is -1.92. The number of para-hydroxylation sites is 1. The van der Waals surface area contributed by atoms with Crippen LogP contribution in [0.25, 0.3) is 6.08 Å². The Morgan fingerprint density at radius 1 is 0.750 bits per heavy atom. The summed E-state index contributed by atoms with van der Waals surface area (Å²) in [5.41, 5.74) is 3.46. The van der Waals surface area contributed by atoms with Gasteiger partial charge in [-0.2, -0.15) is 0 Å². The van der Waals surface area contributed by atoms with Crippen LogP contribution in [0, 0.1) is 0 Å². The average Bonchev–Trinajstić information content (AvgIpc) is 2.66. The lowest BCUT2D eigenvalue weighted by molar-refractivity contribution is 0.104. The Morgan fingerprint density at radius 3 is 2.12 bits per heavy atom. The van der Waals surface area contributed by atoms with Crippen molar-refractivity contribution in [2.45, 2.75) is 0 Å². The van der Waals surface area contributed by atoms with Crippen molar-refractivity contribution in [1.82, 2.24) is 0 Å². The molecule has 116 valence electrons. The van der Waals surface area contributed by atoms with Gasteiger partial charge in [0.2, 0.25) is 0 Å². The van der Waals surface area contributed by atoms with Crippen molar-refractivity contribution in [1.29, 1.82) is 0 Å². The first-order valence-corrected chi connectivity index (χ1v) is 7.78. The first-order chi connectivity index (χ1) is 11.8. The van der Waals surface area contributed by atoms with Crippen LogP contribution in [0.5, 0.6) is 0 Å². The number of carbonyl (C=O) groups excluding carboxylic acids is 1. The van der Waals surface area contributed by atoms with E-state index in [0.29, 0.717) is 5.56 Å². The van der Waals surface area contributed by atoms with Crippen LogP contribution < -0.4 is 0 Å². The van der Waals surface area contributed by atoms with Gasteiger partial charge in [0.05, 0.1) is 5.69 Å². The third-order valence-electron chi connectivity index (χ3n) is 3.56. The monoisotopic (exact) mass is 311 g/mol. The third-order valence-corrected chi connectivity index (χ3v) is 3.56. The minimum Gasteiger partial charge on any atom is -0.289 e. The normalized spacial score (nSPS) is 11.2. The van der Waals surface area contributed by atoms with Gasteiger partial charge in [-0.3, -0.25) is 9.79 Å². The fourth-order valence-electron chi connectivity index (χ4n) is 2.29. The van der Waals surface area contributed by atoms with E-state index in [1.54, 1.807) is 6.08 Å². The molecule has 0 saturated carbocycles. The predicted molar refractivity (Wildman–Crippen MR) is 99.9 cm³/mol. The molecule has 0 atom stereocenters. The lowest BCUT2D eigenvalue weighted by Gasteiger charge is -2.00. The number of allylic oxidation sites excluding steroid dienone is 1. The molecule has 0 spiro atoms. The Bertz CT molecular complexity index is 865. The predicted octanol–water partition coefficient (Wildman–Crippen LogP) is 5.33. The number of aliphatic imine (C=N–C) groups is 1. The van der Waals surface area contributed by atoms with Crippen LogP contribution in [-0.2, 0) is 0 Å². The van der Waals surface area contributed by atoms with Crippen molar-refractivity contribution in [3.05, 3.63) is 108 Å². The summed E-state index contributed by atoms with van der Waals surface area (Å²) in [6, 6.07) is 26.9. The summed E-state index contributed by atoms with van der Waals surface area (Å²) >= 11 is 0. The molecule has 0 fully saturated rings. The SMILES string of the molecule is O=C(/C=C/c1ccccc1N=Cc1ccccc1)c1ccccc1. The number of hydrogen-bond acceptors (Lipinski definition) is 2. The molecule has 3 rings (SSSR count). The summed E-state index contributed by atoms with van der Waals surface area (Å²) in [6.07, 6.45) is 5.23. The Balaban J connectivity index is 1.81. The minimum atomic E-state index is -0.0163. The van der Waals surface area contributed by atoms with Crippen LogP contribution in [0.2, 0.25) is 0 Å². The van der Waals surface area contributed by atoms with Crippen molar-refractivity contribution in [2.24, 2.45) is 4.99 Å². The van der Waals surface area contributed by atoms with Crippen molar-refractivity contribution < 1.29 is 4.79 Å². The van der Waals surface area contributed by atoms with Crippen molar-refractivity contribution in [3.63, 3.8) is 0 Å². The van der Waals surface area contributed by atoms with E-state index < -0.39 is 0 Å². The molecule has 24 heavy (non-hydrogen) atoms. The molecule has 0 saturated heterocycles. The van der Waals surface area contributed by atoms with Gasteiger partial charge in [-0.15, -0.1) is 0 Å². The zero-order valence-corrected chi connectivity index (χ0v) is 13.2. The molecule has 0 aromatic heterocycles. The first kappa shape index (κ1) is 15.6. The zero-order chi connectivity index (χ0) is 16.6. The average molecular weight is 311 g/mol. The zero-order valence-electron chi connectivity index (χ0n) is 13.2. The van der Waals surface area contributed by atoms with E-state index in [1.165, 1.54) is 0 Å². The van der Waals surface area contributed by atoms with Crippen molar-refractivity contribution >= 4 is 23.8 Å². The number of carbonyl (C=O) groups is 1. The van der Waals surface area contributed by atoms with Crippen molar-refractivity contribution in [3.8, 4) is 0 Å². The molecule has 0 heterocycles. The highest BCUT2D eigenvalue weighted by molar-refractivity contribution is 6.07. The summed E-state index contributed by atoms with van der Waals surface area (Å²) in [7, 11) is 0. The van der Waals surface area contributed by atoms with Crippen LogP contribution in [0.3, 0.4) is 0 Å². The maximum Gasteiger partial charge on any atom is 0.185 e. The molecule has 2 nitrogen and oxygen atoms in total. The van der Waals surface area contributed by atoms with Gasteiger partial charge in [0.1, 0.15) is 0 Å². The molecule has 0 aliphatic rings. The second-order valence-electron chi connectivity index (χ2n) is 5.29. The van der Waals surface area contributed by atoms with E-state index >= 15 is 0 Å². The molecule has 0 aliphatic heterocycles. The topological polar surface area (TPSA) is 29.4 Å². The van der Waals surface area contributed by atoms with Crippen LogP contribution in [-0.4, -0.2) is 12.0 Å². The Morgan fingerprint density at radius 2 is 1.38 bits per heavy atom. The molecule has 0 aliphatic carbocycles. The number of nitrogens with zero attached hydrogens (tertiary/aromatic N) is 1. The van der Waals surface area contributed by atoms with Crippen LogP contribution in [0.1, 0.15) is 21.5 Å². The smallest absolute Gasteiger partial charge is 0.185 e. The fourth-order valence-corrected chi connectivity index (χ4v) is 2.29. The highest BCUT2D eigenvalue weighted by Gasteiger charge is 2.01. The molecular weight excluding hydrogens is 294 g/mol. The molecule has 2 heteroatoms. The van der Waals surface area contributed by atoms with Gasteiger partial charge in [-0.05, 0) is 23.8 Å². The lowest BCUT2D eigenvalue weighted by atomic mass is 10.1. The van der Waals surface area contributed by atoms with Crippen molar-refractivity contribution in [2.75, 3.05) is 0 Å². The minimum absolute atomic E-state index is 0.0163. The summed E-state index contributed by atoms with van der Waals surface area (Å²) in [6.45, 7) is 0. The molecule has 3 aromatic rings. The summed E-state index contributed by atoms with van der Waals surface area (Å²) in [5.74, 6) is -0.0163. The Hall–Kier alpha value is -3.26. The quantitative estimate of drug-likeness (QED) is 0.355. The van der Waals surface area contributed by atoms with Crippen LogP contribution in [0.4, 0.5) is 5.69 Å². The number of hydrogen-bond donors (Lipinski definition) is 0. The molecule has 3 aromatic carbocycles. The summed E-state index contributed by atoms with van der Waals surface area (Å²) in [5, 5.41) is 0. The second-order valence-corrected chi connectivity index (χ2v) is 5.29. The molecule has 0 N–H and O–H groups in total. The Kier molecular flexibility index (Phi) is 5.10. The summed E-state index contributed by atoms with van der Waals surface area (Å²) < 4.78 is 0. The van der Waals surface area contributed by atoms with E-state index in [2.05, 4.69) is 4.99 Å². The van der Waals surface area contributed by atoms with Gasteiger partial charge in [-0.25, -0.2) is 0 Å². The van der Waals surface area contributed by atoms with Gasteiger partial charge in [0, 0.05) is 17.3 Å². The Labute approximate surface area is 141 Å². The van der Waals surface area contributed by atoms with Gasteiger partial charge in [-0.1, -0.05) is 78.9 Å². The highest BCUT2D eigenvalue weighted by atomic mass is 16.1. The van der Waals surface area contributed by atoms with Crippen LogP contribution in [0.15, 0.2) is 96.0 Å². The highest BCUT2D eigenvalue weighted by Crippen LogP contribution is 2.20. The van der Waals surface area contributed by atoms with E-state index in [4.69, 9.17) is 0 Å². The van der Waals surface area contributed by atoms with Gasteiger partial charge < -0.3 is 0 Å². The van der Waals surface area contributed by atoms with Gasteiger partial charge >= 0.3 is 0 Å². The molecular formula is C22H17NO. The number of benzene rings is 3. The second kappa shape index (κ2) is 7.84. The summed E-state index contributed by atoms with van der Waals surface area (Å²) in [4.78, 5) is 16.7. The van der Waals surface area contributed by atoms with E-state index in [0.717, 1.165) is 16.8 Å². The van der Waals surface area contributed by atoms with Crippen LogP contribution >= 0.6 is 0 Å². The molecule has 0 radical (unpaired) electrons. The fraction of sp³-hybridized carbons (Fsp3) is 0. The third kappa shape index (κ3) is 4.14. The molecule has 0 bridgehead atoms. The van der Waals surface area contributed by atoms with E-state index in [-0.39, 0.29) is 5.78 Å². The maximum atomic E-state index is 12.2. The number of rotatable bonds is 5. The van der Waals surface area contributed by atoms with E-state index in [9.17, 15) is 4.79 Å².